The minimum Gasteiger partial charge on any atom is -0.348 e. The lowest BCUT2D eigenvalue weighted by atomic mass is 10.1. The lowest BCUT2D eigenvalue weighted by molar-refractivity contribution is -0.385. The van der Waals surface area contributed by atoms with E-state index in [1.165, 1.54) is 18.2 Å². The van der Waals surface area contributed by atoms with Crippen LogP contribution in [0.1, 0.15) is 40.9 Å². The molecule has 0 unspecified atom stereocenters. The monoisotopic (exact) mass is 405 g/mol. The third-order valence-electron chi connectivity index (χ3n) is 3.92. The van der Waals surface area contributed by atoms with Crippen molar-refractivity contribution in [1.29, 1.82) is 0 Å². The summed E-state index contributed by atoms with van der Waals surface area (Å²) in [6, 6.07) is 11.0. The number of nitro benzene ring substituents is 1. The fourth-order valence-corrected chi connectivity index (χ4v) is 4.04. The van der Waals surface area contributed by atoms with Gasteiger partial charge in [-0.25, -0.2) is 13.1 Å². The summed E-state index contributed by atoms with van der Waals surface area (Å²) in [5.74, 6) is -0.541. The summed E-state index contributed by atoms with van der Waals surface area (Å²) in [6.07, 6.45) is 0. The number of aryl methyl sites for hydroxylation is 1. The molecule has 8 nitrogen and oxygen atoms in total. The molecule has 0 atom stereocenters. The number of nitrogens with one attached hydrogen (secondary N) is 2. The summed E-state index contributed by atoms with van der Waals surface area (Å²) in [5.41, 5.74) is 2.01. The SMILES string of the molecule is Cc1ccc(C(=O)NCc2ccc(CS(=O)(=O)NC(C)C)cc2)cc1[N+](=O)[O-]. The summed E-state index contributed by atoms with van der Waals surface area (Å²) in [4.78, 5) is 22.7. The highest BCUT2D eigenvalue weighted by Gasteiger charge is 2.15. The van der Waals surface area contributed by atoms with Gasteiger partial charge < -0.3 is 5.32 Å². The molecule has 2 aromatic rings. The quantitative estimate of drug-likeness (QED) is 0.517. The molecule has 9 heteroatoms. The van der Waals surface area contributed by atoms with Gasteiger partial charge in [0.1, 0.15) is 0 Å². The van der Waals surface area contributed by atoms with Crippen LogP contribution in [0.25, 0.3) is 0 Å². The van der Waals surface area contributed by atoms with Crippen LogP contribution in [0.2, 0.25) is 0 Å². The molecular formula is C19H23N3O5S. The van der Waals surface area contributed by atoms with Crippen LogP contribution in [0.4, 0.5) is 5.69 Å². The average molecular weight is 405 g/mol. The number of hydrogen-bond donors (Lipinski definition) is 2. The molecule has 1 amide bonds. The number of hydrogen-bond acceptors (Lipinski definition) is 5. The van der Waals surface area contributed by atoms with Crippen molar-refractivity contribution in [1.82, 2.24) is 10.0 Å². The number of benzene rings is 2. The van der Waals surface area contributed by atoms with Gasteiger partial charge >= 0.3 is 0 Å². The van der Waals surface area contributed by atoms with E-state index >= 15 is 0 Å². The topological polar surface area (TPSA) is 118 Å². The van der Waals surface area contributed by atoms with E-state index in [1.54, 1.807) is 45.0 Å². The van der Waals surface area contributed by atoms with Crippen LogP contribution in [0.3, 0.4) is 0 Å². The zero-order chi connectivity index (χ0) is 20.9. The van der Waals surface area contributed by atoms with E-state index in [9.17, 15) is 23.3 Å². The van der Waals surface area contributed by atoms with Crippen molar-refractivity contribution in [3.63, 3.8) is 0 Å². The van der Waals surface area contributed by atoms with Crippen LogP contribution in [0, 0.1) is 17.0 Å². The van der Waals surface area contributed by atoms with Crippen molar-refractivity contribution in [2.24, 2.45) is 0 Å². The highest BCUT2D eigenvalue weighted by atomic mass is 32.2. The number of amides is 1. The van der Waals surface area contributed by atoms with Crippen LogP contribution < -0.4 is 10.0 Å². The number of nitro groups is 1. The molecule has 0 aliphatic carbocycles. The van der Waals surface area contributed by atoms with E-state index in [4.69, 9.17) is 0 Å². The highest BCUT2D eigenvalue weighted by Crippen LogP contribution is 2.19. The number of nitrogens with zero attached hydrogens (tertiary/aromatic N) is 1. The van der Waals surface area contributed by atoms with Gasteiger partial charge in [0.2, 0.25) is 10.0 Å². The van der Waals surface area contributed by atoms with Gasteiger partial charge in [-0.15, -0.1) is 0 Å². The summed E-state index contributed by atoms with van der Waals surface area (Å²) in [7, 11) is -3.40. The third kappa shape index (κ3) is 6.14. The van der Waals surface area contributed by atoms with Crippen LogP contribution in [0.15, 0.2) is 42.5 Å². The maximum absolute atomic E-state index is 12.2. The van der Waals surface area contributed by atoms with E-state index < -0.39 is 20.9 Å². The van der Waals surface area contributed by atoms with Crippen molar-refractivity contribution in [3.05, 3.63) is 74.8 Å². The normalized spacial score (nSPS) is 11.4. The Morgan fingerprint density at radius 2 is 1.71 bits per heavy atom. The Kier molecular flexibility index (Phi) is 6.87. The van der Waals surface area contributed by atoms with Crippen LogP contribution in [-0.4, -0.2) is 25.3 Å². The zero-order valence-electron chi connectivity index (χ0n) is 15.9. The first-order chi connectivity index (χ1) is 13.1. The molecule has 0 aliphatic rings. The molecule has 2 N–H and O–H groups in total. The van der Waals surface area contributed by atoms with Crippen molar-refractivity contribution >= 4 is 21.6 Å². The average Bonchev–Trinajstić information content (AvgIpc) is 2.59. The Balaban J connectivity index is 1.99. The predicted molar refractivity (Wildman–Crippen MR) is 106 cm³/mol. The van der Waals surface area contributed by atoms with Gasteiger partial charge in [-0.2, -0.15) is 0 Å². The molecular weight excluding hydrogens is 382 g/mol. The first-order valence-electron chi connectivity index (χ1n) is 8.68. The van der Waals surface area contributed by atoms with Crippen molar-refractivity contribution in [3.8, 4) is 0 Å². The number of carbonyl (C=O) groups excluding carboxylic acids is 1. The molecule has 0 fully saturated rings. The summed E-state index contributed by atoms with van der Waals surface area (Å²) in [6.45, 7) is 5.34. The number of rotatable bonds is 8. The molecule has 28 heavy (non-hydrogen) atoms. The molecule has 2 rings (SSSR count). The maximum Gasteiger partial charge on any atom is 0.273 e. The Morgan fingerprint density at radius 1 is 1.11 bits per heavy atom. The van der Waals surface area contributed by atoms with Crippen molar-refractivity contribution < 1.29 is 18.1 Å². The highest BCUT2D eigenvalue weighted by molar-refractivity contribution is 7.88. The minimum atomic E-state index is -3.40. The fraction of sp³-hybridized carbons (Fsp3) is 0.316. The third-order valence-corrected chi connectivity index (χ3v) is 5.46. The summed E-state index contributed by atoms with van der Waals surface area (Å²) < 4.78 is 26.4. The molecule has 0 aliphatic heterocycles. The first-order valence-corrected chi connectivity index (χ1v) is 10.3. The summed E-state index contributed by atoms with van der Waals surface area (Å²) >= 11 is 0. The second-order valence-corrected chi connectivity index (χ2v) is 8.54. The Morgan fingerprint density at radius 3 is 2.29 bits per heavy atom. The van der Waals surface area contributed by atoms with Gasteiger partial charge in [0.25, 0.3) is 11.6 Å². The minimum absolute atomic E-state index is 0.104. The van der Waals surface area contributed by atoms with Crippen LogP contribution >= 0.6 is 0 Å². The fourth-order valence-electron chi connectivity index (χ4n) is 2.61. The maximum atomic E-state index is 12.2. The standard InChI is InChI=1S/C19H23N3O5S/c1-13(2)21-28(26,27)12-16-7-5-15(6-8-16)11-20-19(23)17-9-4-14(3)18(10-17)22(24)25/h4-10,13,21H,11-12H2,1-3H3,(H,20,23). The first kappa shape index (κ1) is 21.5. The van der Waals surface area contributed by atoms with Gasteiger partial charge in [-0.3, -0.25) is 14.9 Å². The summed E-state index contributed by atoms with van der Waals surface area (Å²) in [5, 5.41) is 13.7. The lowest BCUT2D eigenvalue weighted by Gasteiger charge is -2.10. The Hall–Kier alpha value is -2.78. The predicted octanol–water partition coefficient (Wildman–Crippen LogP) is 2.66. The molecule has 150 valence electrons. The van der Waals surface area contributed by atoms with Gasteiger partial charge in [0.15, 0.2) is 0 Å². The Bertz CT molecular complexity index is 970. The van der Waals surface area contributed by atoms with Crippen LogP contribution in [0.5, 0.6) is 0 Å². The molecule has 0 radical (unpaired) electrons. The van der Waals surface area contributed by atoms with Gasteiger partial charge in [-0.1, -0.05) is 30.3 Å². The van der Waals surface area contributed by atoms with E-state index in [0.717, 1.165) is 5.56 Å². The van der Waals surface area contributed by atoms with E-state index in [0.29, 0.717) is 11.1 Å². The van der Waals surface area contributed by atoms with Gasteiger partial charge in [-0.05, 0) is 38.0 Å². The van der Waals surface area contributed by atoms with E-state index in [1.807, 2.05) is 0 Å². The number of sulfonamides is 1. The molecule has 0 saturated carbocycles. The lowest BCUT2D eigenvalue weighted by Crippen LogP contribution is -2.31. The Labute approximate surface area is 164 Å². The smallest absolute Gasteiger partial charge is 0.273 e. The molecule has 0 aromatic heterocycles. The molecule has 0 saturated heterocycles. The molecule has 0 heterocycles. The number of carbonyl (C=O) groups is 1. The largest absolute Gasteiger partial charge is 0.348 e. The van der Waals surface area contributed by atoms with Gasteiger partial charge in [0, 0.05) is 29.8 Å². The van der Waals surface area contributed by atoms with Crippen molar-refractivity contribution in [2.45, 2.75) is 39.1 Å². The van der Waals surface area contributed by atoms with E-state index in [-0.39, 0.29) is 29.6 Å². The van der Waals surface area contributed by atoms with Gasteiger partial charge in [0.05, 0.1) is 10.7 Å². The van der Waals surface area contributed by atoms with Crippen LogP contribution in [-0.2, 0) is 22.3 Å². The molecule has 0 spiro atoms. The van der Waals surface area contributed by atoms with Crippen molar-refractivity contribution in [2.75, 3.05) is 0 Å². The second-order valence-electron chi connectivity index (χ2n) is 6.79. The molecule has 2 aromatic carbocycles. The van der Waals surface area contributed by atoms with E-state index in [2.05, 4.69) is 10.0 Å². The molecule has 0 bridgehead atoms. The second kappa shape index (κ2) is 8.94. The zero-order valence-corrected chi connectivity index (χ0v) is 16.7.